The van der Waals surface area contributed by atoms with E-state index in [0.717, 1.165) is 0 Å². The van der Waals surface area contributed by atoms with Crippen molar-refractivity contribution in [3.63, 3.8) is 0 Å². The molecule has 0 saturated heterocycles. The lowest BCUT2D eigenvalue weighted by Gasteiger charge is -2.03. The van der Waals surface area contributed by atoms with Gasteiger partial charge in [0.05, 0.1) is 16.8 Å². The van der Waals surface area contributed by atoms with Crippen molar-refractivity contribution in [2.75, 3.05) is 0 Å². The van der Waals surface area contributed by atoms with Gasteiger partial charge in [-0.05, 0) is 29.3 Å². The maximum absolute atomic E-state index is 13.6. The molecule has 2 rings (SSSR count). The van der Waals surface area contributed by atoms with Crippen molar-refractivity contribution < 1.29 is 13.6 Å². The van der Waals surface area contributed by atoms with Crippen LogP contribution in [0.15, 0.2) is 34.9 Å². The highest BCUT2D eigenvalue weighted by atomic mass is 35.5. The highest BCUT2D eigenvalue weighted by molar-refractivity contribution is 6.32. The molecule has 2 aromatic rings. The lowest BCUT2D eigenvalue weighted by molar-refractivity contribution is 0.0991. The van der Waals surface area contributed by atoms with Crippen LogP contribution < -0.4 is 0 Å². The van der Waals surface area contributed by atoms with Crippen LogP contribution in [0, 0.1) is 5.82 Å². The summed E-state index contributed by atoms with van der Waals surface area (Å²) in [6.07, 6.45) is 1.20. The van der Waals surface area contributed by atoms with Gasteiger partial charge in [0.25, 0.3) is 0 Å². The lowest BCUT2D eigenvalue weighted by Crippen LogP contribution is -2.04. The molecule has 1 aromatic carbocycles. The molecule has 0 amide bonds. The molecular formula is C12H7Cl2FO2. The van der Waals surface area contributed by atoms with Gasteiger partial charge >= 0.3 is 0 Å². The van der Waals surface area contributed by atoms with Gasteiger partial charge in [-0.25, -0.2) is 4.39 Å². The maximum Gasteiger partial charge on any atom is 0.203 e. The Bertz CT molecular complexity index is 563. The van der Waals surface area contributed by atoms with E-state index in [4.69, 9.17) is 27.6 Å². The van der Waals surface area contributed by atoms with Crippen LogP contribution >= 0.6 is 23.2 Å². The van der Waals surface area contributed by atoms with E-state index in [0.29, 0.717) is 0 Å². The first kappa shape index (κ1) is 12.1. The molecule has 17 heavy (non-hydrogen) atoms. The highest BCUT2D eigenvalue weighted by Gasteiger charge is 2.16. The van der Waals surface area contributed by atoms with Crippen LogP contribution in [0.3, 0.4) is 0 Å². The molecule has 0 fully saturated rings. The number of rotatable bonds is 3. The predicted octanol–water partition coefficient (Wildman–Crippen LogP) is 4.15. The highest BCUT2D eigenvalue weighted by Crippen LogP contribution is 2.22. The minimum Gasteiger partial charge on any atom is -0.452 e. The molecule has 0 unspecified atom stereocenters. The van der Waals surface area contributed by atoms with Crippen molar-refractivity contribution >= 4 is 29.0 Å². The van der Waals surface area contributed by atoms with Gasteiger partial charge < -0.3 is 4.42 Å². The topological polar surface area (TPSA) is 30.2 Å². The van der Waals surface area contributed by atoms with Crippen LogP contribution in [0.5, 0.6) is 0 Å². The Morgan fingerprint density at radius 1 is 1.29 bits per heavy atom. The smallest absolute Gasteiger partial charge is 0.203 e. The first-order valence-corrected chi connectivity index (χ1v) is 5.54. The number of halogens is 3. The van der Waals surface area contributed by atoms with Crippen molar-refractivity contribution in [3.8, 4) is 0 Å². The summed E-state index contributed by atoms with van der Waals surface area (Å²) in [6.45, 7) is 0. The fourth-order valence-electron chi connectivity index (χ4n) is 1.45. The number of carbonyl (C=O) groups excluding carboxylic acids is 1. The van der Waals surface area contributed by atoms with E-state index in [1.807, 2.05) is 0 Å². The van der Waals surface area contributed by atoms with Crippen LogP contribution in [0.2, 0.25) is 10.2 Å². The Labute approximate surface area is 107 Å². The average Bonchev–Trinajstić information content (AvgIpc) is 2.71. The molecule has 1 aromatic heterocycles. The van der Waals surface area contributed by atoms with Gasteiger partial charge in [0.1, 0.15) is 5.82 Å². The molecule has 5 heteroatoms. The molecule has 0 atom stereocenters. The van der Waals surface area contributed by atoms with E-state index in [9.17, 15) is 9.18 Å². The summed E-state index contributed by atoms with van der Waals surface area (Å²) in [5.74, 6) is -0.896. The third-order valence-electron chi connectivity index (χ3n) is 2.30. The summed E-state index contributed by atoms with van der Waals surface area (Å²) >= 11 is 11.3. The van der Waals surface area contributed by atoms with Gasteiger partial charge in [-0.3, -0.25) is 4.79 Å². The molecule has 0 spiro atoms. The number of benzene rings is 1. The molecule has 1 heterocycles. The fraction of sp³-hybridized carbons (Fsp3) is 0.0833. The number of hydrogen-bond acceptors (Lipinski definition) is 2. The summed E-state index contributed by atoms with van der Waals surface area (Å²) in [6, 6.07) is 5.97. The van der Waals surface area contributed by atoms with Gasteiger partial charge in [0.2, 0.25) is 5.22 Å². The molecule has 0 aliphatic carbocycles. The lowest BCUT2D eigenvalue weighted by atomic mass is 10.0. The molecule has 0 N–H and O–H groups in total. The molecule has 0 saturated carbocycles. The van der Waals surface area contributed by atoms with Gasteiger partial charge in [0.15, 0.2) is 5.78 Å². The third kappa shape index (κ3) is 2.51. The van der Waals surface area contributed by atoms with Crippen LogP contribution in [-0.4, -0.2) is 5.78 Å². The standard InChI is InChI=1S/C12H7Cl2FO2/c13-9-3-1-2-7(11(9)15)6-10(16)8-4-5-17-12(8)14/h1-5H,6H2. The zero-order chi connectivity index (χ0) is 12.4. The second kappa shape index (κ2) is 4.90. The van der Waals surface area contributed by atoms with Crippen LogP contribution in [0.1, 0.15) is 15.9 Å². The molecule has 0 bridgehead atoms. The number of hydrogen-bond donors (Lipinski definition) is 0. The zero-order valence-electron chi connectivity index (χ0n) is 8.54. The van der Waals surface area contributed by atoms with Gasteiger partial charge in [0, 0.05) is 6.42 Å². The molecule has 88 valence electrons. The predicted molar refractivity (Wildman–Crippen MR) is 63.2 cm³/mol. The second-order valence-corrected chi connectivity index (χ2v) is 4.17. The molecule has 0 radical (unpaired) electrons. The van der Waals surface area contributed by atoms with Gasteiger partial charge in [-0.1, -0.05) is 23.7 Å². The van der Waals surface area contributed by atoms with Gasteiger partial charge in [-0.2, -0.15) is 0 Å². The maximum atomic E-state index is 13.6. The molecular weight excluding hydrogens is 266 g/mol. The van der Waals surface area contributed by atoms with Gasteiger partial charge in [-0.15, -0.1) is 0 Å². The Morgan fingerprint density at radius 3 is 2.71 bits per heavy atom. The quantitative estimate of drug-likeness (QED) is 0.786. The van der Waals surface area contributed by atoms with Crippen molar-refractivity contribution in [1.82, 2.24) is 0 Å². The average molecular weight is 273 g/mol. The Kier molecular flexibility index (Phi) is 3.50. The van der Waals surface area contributed by atoms with E-state index in [1.165, 1.54) is 24.5 Å². The number of Topliss-reactive ketones (excluding diaryl/α,β-unsaturated/α-hetero) is 1. The largest absolute Gasteiger partial charge is 0.452 e. The van der Waals surface area contributed by atoms with E-state index in [1.54, 1.807) is 6.07 Å². The second-order valence-electron chi connectivity index (χ2n) is 3.42. The Morgan fingerprint density at radius 2 is 2.06 bits per heavy atom. The van der Waals surface area contributed by atoms with Crippen LogP contribution in [-0.2, 0) is 6.42 Å². The summed E-state index contributed by atoms with van der Waals surface area (Å²) in [5.41, 5.74) is 0.478. The Hall–Kier alpha value is -1.32. The van der Waals surface area contributed by atoms with Crippen molar-refractivity contribution in [2.24, 2.45) is 0 Å². The van der Waals surface area contributed by atoms with Crippen molar-refractivity contribution in [2.45, 2.75) is 6.42 Å². The van der Waals surface area contributed by atoms with E-state index in [-0.39, 0.29) is 33.6 Å². The van der Waals surface area contributed by atoms with Crippen LogP contribution in [0.4, 0.5) is 4.39 Å². The number of furan rings is 1. The first-order chi connectivity index (χ1) is 8.09. The molecule has 0 aliphatic heterocycles. The van der Waals surface area contributed by atoms with Crippen molar-refractivity contribution in [1.29, 1.82) is 0 Å². The van der Waals surface area contributed by atoms with E-state index in [2.05, 4.69) is 0 Å². The zero-order valence-corrected chi connectivity index (χ0v) is 10.1. The fourth-order valence-corrected chi connectivity index (χ4v) is 1.86. The van der Waals surface area contributed by atoms with E-state index < -0.39 is 5.82 Å². The minimum atomic E-state index is -0.581. The summed E-state index contributed by atoms with van der Waals surface area (Å²) < 4.78 is 18.4. The SMILES string of the molecule is O=C(Cc1cccc(Cl)c1F)c1ccoc1Cl. The van der Waals surface area contributed by atoms with E-state index >= 15 is 0 Å². The summed E-state index contributed by atoms with van der Waals surface area (Å²) in [5, 5.41) is 0.00558. The number of carbonyl (C=O) groups is 1. The summed E-state index contributed by atoms with van der Waals surface area (Å²) in [7, 11) is 0. The Balaban J connectivity index is 2.25. The van der Waals surface area contributed by atoms with Crippen molar-refractivity contribution in [3.05, 3.63) is 57.7 Å². The summed E-state index contributed by atoms with van der Waals surface area (Å²) in [4.78, 5) is 11.8. The number of ketones is 1. The van der Waals surface area contributed by atoms with Crippen LogP contribution in [0.25, 0.3) is 0 Å². The first-order valence-electron chi connectivity index (χ1n) is 4.78. The third-order valence-corrected chi connectivity index (χ3v) is 2.89. The molecule has 0 aliphatic rings. The monoisotopic (exact) mass is 272 g/mol. The normalized spacial score (nSPS) is 10.5. The molecule has 2 nitrogen and oxygen atoms in total. The minimum absolute atomic E-state index is 0.00593.